The lowest BCUT2D eigenvalue weighted by Crippen LogP contribution is -2.66. The summed E-state index contributed by atoms with van der Waals surface area (Å²) in [5, 5.41) is 0. The van der Waals surface area contributed by atoms with Crippen molar-refractivity contribution in [1.82, 2.24) is 0 Å². The summed E-state index contributed by atoms with van der Waals surface area (Å²) in [4.78, 5) is 45.6. The maximum absolute atomic E-state index is 13.5. The van der Waals surface area contributed by atoms with Crippen molar-refractivity contribution < 1.29 is 14.4 Å². The van der Waals surface area contributed by atoms with Gasteiger partial charge in [0.25, 0.3) is 0 Å². The largest absolute Gasteiger partial charge is 0.411 e. The molecule has 0 unspecified atom stereocenters. The summed E-state index contributed by atoms with van der Waals surface area (Å²) >= 11 is 0. The topological polar surface area (TPSA) is 62.1 Å². The standard InChI is InChI=1S/C23H15N3O3/c1-24-23(17-11-5-2-6-12-17)20(27)25(18-13-7-3-8-14-18)22(29)26(21(23)28)19-15-9-4-10-16-19/h2-16H. The van der Waals surface area contributed by atoms with Crippen LogP contribution in [0.2, 0.25) is 0 Å². The third kappa shape index (κ3) is 2.68. The average molecular weight is 381 g/mol. The van der Waals surface area contributed by atoms with Gasteiger partial charge in [-0.15, -0.1) is 0 Å². The van der Waals surface area contributed by atoms with Crippen LogP contribution in [0.15, 0.2) is 91.0 Å². The third-order valence-corrected chi connectivity index (χ3v) is 4.80. The first-order valence-corrected chi connectivity index (χ1v) is 8.88. The Hall–Kier alpha value is -4.24. The second-order valence-corrected chi connectivity index (χ2v) is 6.42. The highest BCUT2D eigenvalue weighted by Crippen LogP contribution is 2.39. The smallest absolute Gasteiger partial charge is 0.284 e. The van der Waals surface area contributed by atoms with E-state index in [1.54, 1.807) is 91.0 Å². The second-order valence-electron chi connectivity index (χ2n) is 6.42. The molecule has 0 aliphatic carbocycles. The van der Waals surface area contributed by atoms with Crippen LogP contribution in [0, 0.1) is 6.57 Å². The van der Waals surface area contributed by atoms with E-state index in [1.807, 2.05) is 0 Å². The minimum absolute atomic E-state index is 0.222. The summed E-state index contributed by atoms with van der Waals surface area (Å²) in [5.74, 6) is -1.76. The molecule has 1 aliphatic heterocycles. The number of nitrogens with zero attached hydrogens (tertiary/aromatic N) is 3. The Morgan fingerprint density at radius 1 is 0.621 bits per heavy atom. The summed E-state index contributed by atoms with van der Waals surface area (Å²) in [7, 11) is 0. The number of hydrogen-bond acceptors (Lipinski definition) is 3. The van der Waals surface area contributed by atoms with E-state index in [0.29, 0.717) is 11.4 Å². The normalized spacial score (nSPS) is 15.9. The highest BCUT2D eigenvalue weighted by Gasteiger charge is 2.66. The minimum Gasteiger partial charge on any atom is -0.284 e. The van der Waals surface area contributed by atoms with Gasteiger partial charge in [-0.3, -0.25) is 14.4 Å². The number of barbiturate groups is 1. The molecule has 0 aromatic heterocycles. The van der Waals surface area contributed by atoms with Crippen molar-refractivity contribution in [3.63, 3.8) is 0 Å². The molecule has 6 nitrogen and oxygen atoms in total. The van der Waals surface area contributed by atoms with Crippen LogP contribution in [-0.2, 0) is 15.1 Å². The van der Waals surface area contributed by atoms with E-state index < -0.39 is 23.4 Å². The lowest BCUT2D eigenvalue weighted by molar-refractivity contribution is -0.133. The Balaban J connectivity index is 1.99. The van der Waals surface area contributed by atoms with E-state index in [2.05, 4.69) is 4.85 Å². The molecular formula is C23H15N3O3. The van der Waals surface area contributed by atoms with Crippen molar-refractivity contribution in [3.8, 4) is 0 Å². The fraction of sp³-hybridized carbons (Fsp3) is 0.0435. The number of anilines is 2. The molecule has 0 bridgehead atoms. The van der Waals surface area contributed by atoms with Gasteiger partial charge in [-0.05, 0) is 36.4 Å². The van der Waals surface area contributed by atoms with Gasteiger partial charge < -0.3 is 0 Å². The van der Waals surface area contributed by atoms with Gasteiger partial charge in [-0.1, -0.05) is 54.6 Å². The molecule has 0 atom stereocenters. The first kappa shape index (κ1) is 18.1. The molecule has 1 heterocycles. The summed E-state index contributed by atoms with van der Waals surface area (Å²) < 4.78 is 0. The molecule has 6 heteroatoms. The van der Waals surface area contributed by atoms with Crippen LogP contribution < -0.4 is 9.80 Å². The van der Waals surface area contributed by atoms with E-state index in [4.69, 9.17) is 6.57 Å². The van der Waals surface area contributed by atoms with Gasteiger partial charge in [0, 0.05) is 0 Å². The number of carbonyl (C=O) groups excluding carboxylic acids is 3. The molecule has 29 heavy (non-hydrogen) atoms. The lowest BCUT2D eigenvalue weighted by Gasteiger charge is -2.37. The van der Waals surface area contributed by atoms with Crippen LogP contribution in [0.25, 0.3) is 4.85 Å². The maximum Gasteiger partial charge on any atom is 0.411 e. The number of urea groups is 1. The van der Waals surface area contributed by atoms with Gasteiger partial charge in [-0.2, -0.15) is 0 Å². The Morgan fingerprint density at radius 3 is 1.38 bits per heavy atom. The van der Waals surface area contributed by atoms with Crippen LogP contribution in [0.3, 0.4) is 0 Å². The predicted molar refractivity (Wildman–Crippen MR) is 108 cm³/mol. The molecule has 0 spiro atoms. The number of rotatable bonds is 3. The van der Waals surface area contributed by atoms with Gasteiger partial charge in [0.05, 0.1) is 16.9 Å². The number of benzene rings is 3. The van der Waals surface area contributed by atoms with Crippen LogP contribution >= 0.6 is 0 Å². The zero-order valence-electron chi connectivity index (χ0n) is 15.2. The Kier molecular flexibility index (Phi) is 4.41. The molecule has 1 aliphatic rings. The summed E-state index contributed by atoms with van der Waals surface area (Å²) in [6.45, 7) is 7.83. The first-order valence-electron chi connectivity index (χ1n) is 8.88. The van der Waals surface area contributed by atoms with Gasteiger partial charge in [-0.25, -0.2) is 21.2 Å². The minimum atomic E-state index is -2.19. The zero-order valence-corrected chi connectivity index (χ0v) is 15.2. The van der Waals surface area contributed by atoms with Crippen LogP contribution in [-0.4, -0.2) is 17.8 Å². The molecule has 140 valence electrons. The molecule has 4 amide bonds. The second kappa shape index (κ2) is 7.06. The van der Waals surface area contributed by atoms with Crippen LogP contribution in [0.1, 0.15) is 5.56 Å². The van der Waals surface area contributed by atoms with Gasteiger partial charge in [0.2, 0.25) is 0 Å². The van der Waals surface area contributed by atoms with E-state index in [1.165, 1.54) is 0 Å². The Morgan fingerprint density at radius 2 is 1.00 bits per heavy atom. The first-order chi connectivity index (χ1) is 14.1. The molecule has 3 aromatic carbocycles. The molecule has 1 fully saturated rings. The van der Waals surface area contributed by atoms with E-state index >= 15 is 0 Å². The van der Waals surface area contributed by atoms with Crippen molar-refractivity contribution in [3.05, 3.63) is 108 Å². The molecular weight excluding hydrogens is 366 g/mol. The van der Waals surface area contributed by atoms with Crippen molar-refractivity contribution in [2.24, 2.45) is 0 Å². The number of carbonyl (C=O) groups is 3. The van der Waals surface area contributed by atoms with Crippen LogP contribution in [0.4, 0.5) is 16.2 Å². The Labute approximate surface area is 167 Å². The third-order valence-electron chi connectivity index (χ3n) is 4.80. The molecule has 0 radical (unpaired) electrons. The number of para-hydroxylation sites is 2. The number of amides is 4. The van der Waals surface area contributed by atoms with Gasteiger partial charge in [0.1, 0.15) is 0 Å². The Bertz CT molecular complexity index is 1060. The highest BCUT2D eigenvalue weighted by molar-refractivity contribution is 6.41. The van der Waals surface area contributed by atoms with Crippen molar-refractivity contribution >= 4 is 29.2 Å². The van der Waals surface area contributed by atoms with Gasteiger partial charge in [0.15, 0.2) is 0 Å². The quantitative estimate of drug-likeness (QED) is 0.509. The lowest BCUT2D eigenvalue weighted by atomic mass is 9.85. The van der Waals surface area contributed by atoms with Gasteiger partial charge >= 0.3 is 23.4 Å². The van der Waals surface area contributed by atoms with E-state index in [-0.39, 0.29) is 5.56 Å². The predicted octanol–water partition coefficient (Wildman–Crippen LogP) is 4.00. The van der Waals surface area contributed by atoms with Crippen molar-refractivity contribution in [1.29, 1.82) is 0 Å². The number of hydrogen-bond donors (Lipinski definition) is 0. The van der Waals surface area contributed by atoms with Crippen LogP contribution in [0.5, 0.6) is 0 Å². The summed E-state index contributed by atoms with van der Waals surface area (Å²) in [6.07, 6.45) is 0. The van der Waals surface area contributed by atoms with Crippen molar-refractivity contribution in [2.45, 2.75) is 5.54 Å². The maximum atomic E-state index is 13.5. The SMILES string of the molecule is [C-]#[N+]C1(c2ccccc2)C(=O)N(c2ccccc2)C(=O)N(c2ccccc2)C1=O. The molecule has 4 rings (SSSR count). The summed E-state index contributed by atoms with van der Waals surface area (Å²) in [5.41, 5.74) is -1.39. The molecule has 1 saturated heterocycles. The summed E-state index contributed by atoms with van der Waals surface area (Å²) in [6, 6.07) is 23.9. The zero-order chi connectivity index (χ0) is 20.4. The molecule has 3 aromatic rings. The van der Waals surface area contributed by atoms with E-state index in [0.717, 1.165) is 9.80 Å². The van der Waals surface area contributed by atoms with E-state index in [9.17, 15) is 14.4 Å². The fourth-order valence-electron chi connectivity index (χ4n) is 3.38. The highest BCUT2D eigenvalue weighted by atomic mass is 16.2. The monoisotopic (exact) mass is 381 g/mol. The van der Waals surface area contributed by atoms with Crippen molar-refractivity contribution in [2.75, 3.05) is 9.80 Å². The molecule has 0 saturated carbocycles. The fourth-order valence-corrected chi connectivity index (χ4v) is 3.38. The average Bonchev–Trinajstić information content (AvgIpc) is 2.77. The number of imide groups is 2. The molecule has 0 N–H and O–H groups in total.